The summed E-state index contributed by atoms with van der Waals surface area (Å²) in [5.74, 6) is -0.146. The lowest BCUT2D eigenvalue weighted by molar-refractivity contribution is 0.312. The Morgan fingerprint density at radius 2 is 1.92 bits per heavy atom. The van der Waals surface area contributed by atoms with Gasteiger partial charge in [0.15, 0.2) is 0 Å². The lowest BCUT2D eigenvalue weighted by Crippen LogP contribution is -2.38. The number of nitrogens with zero attached hydrogens (tertiary/aromatic N) is 1. The molecule has 71 valence electrons. The maximum absolute atomic E-state index is 11.3. The van der Waals surface area contributed by atoms with Gasteiger partial charge in [0.2, 0.25) is 10.0 Å². The number of hydrogen-bond donors (Lipinski definition) is 1. The van der Waals surface area contributed by atoms with Crippen molar-refractivity contribution >= 4 is 10.0 Å². The van der Waals surface area contributed by atoms with Gasteiger partial charge in [0.25, 0.3) is 0 Å². The van der Waals surface area contributed by atoms with Crippen molar-refractivity contribution < 1.29 is 13.5 Å². The summed E-state index contributed by atoms with van der Waals surface area (Å²) in [6.45, 7) is 0.854. The van der Waals surface area contributed by atoms with Gasteiger partial charge in [-0.25, -0.2) is 12.7 Å². The first-order chi connectivity index (χ1) is 5.67. The Bertz CT molecular complexity index is 219. The third kappa shape index (κ3) is 2.43. The minimum Gasteiger partial charge on any atom is -0.395 e. The molecule has 0 spiro atoms. The Balaban J connectivity index is 2.54. The summed E-state index contributed by atoms with van der Waals surface area (Å²) in [5.41, 5.74) is 0. The van der Waals surface area contributed by atoms with Crippen LogP contribution in [0.25, 0.3) is 0 Å². The third-order valence-electron chi connectivity index (χ3n) is 1.91. The molecule has 0 saturated carbocycles. The summed E-state index contributed by atoms with van der Waals surface area (Å²) in [7, 11) is -3.17. The number of sulfonamides is 1. The summed E-state index contributed by atoms with van der Waals surface area (Å²) in [5, 5.41) is 8.52. The van der Waals surface area contributed by atoms with Crippen molar-refractivity contribution in [2.75, 3.05) is 25.4 Å². The van der Waals surface area contributed by atoms with E-state index in [2.05, 4.69) is 6.42 Å². The van der Waals surface area contributed by atoms with E-state index in [-0.39, 0.29) is 12.4 Å². The monoisotopic (exact) mass is 192 g/mol. The number of hydrogen-bond acceptors (Lipinski definition) is 3. The Morgan fingerprint density at radius 1 is 1.33 bits per heavy atom. The van der Waals surface area contributed by atoms with Crippen LogP contribution in [0.4, 0.5) is 0 Å². The smallest absolute Gasteiger partial charge is 0.216 e. The molecule has 12 heavy (non-hydrogen) atoms. The number of rotatable bonds is 3. The highest BCUT2D eigenvalue weighted by Crippen LogP contribution is 2.12. The number of piperidine rings is 1. The fourth-order valence-electron chi connectivity index (χ4n) is 1.25. The SMILES string of the molecule is O=S(=O)(CCO)N1CC[CH]CC1. The van der Waals surface area contributed by atoms with Crippen molar-refractivity contribution in [2.45, 2.75) is 12.8 Å². The Kier molecular flexibility index (Phi) is 3.49. The minimum absolute atomic E-state index is 0.146. The lowest BCUT2D eigenvalue weighted by Gasteiger charge is -2.25. The van der Waals surface area contributed by atoms with Gasteiger partial charge in [0, 0.05) is 13.1 Å². The summed E-state index contributed by atoms with van der Waals surface area (Å²) < 4.78 is 24.1. The number of aliphatic hydroxyl groups is 1. The zero-order valence-corrected chi connectivity index (χ0v) is 7.76. The van der Waals surface area contributed by atoms with Crippen molar-refractivity contribution in [1.29, 1.82) is 0 Å². The highest BCUT2D eigenvalue weighted by molar-refractivity contribution is 7.89. The first-order valence-electron chi connectivity index (χ1n) is 4.07. The van der Waals surface area contributed by atoms with Crippen molar-refractivity contribution in [1.82, 2.24) is 4.31 Å². The van der Waals surface area contributed by atoms with Crippen LogP contribution in [-0.2, 0) is 10.0 Å². The molecule has 0 atom stereocenters. The minimum atomic E-state index is -3.17. The first kappa shape index (κ1) is 9.95. The summed E-state index contributed by atoms with van der Waals surface area (Å²) in [6, 6.07) is 0. The first-order valence-corrected chi connectivity index (χ1v) is 5.68. The van der Waals surface area contributed by atoms with Crippen LogP contribution in [0, 0.1) is 6.42 Å². The normalized spacial score (nSPS) is 21.1. The Hall–Kier alpha value is -0.130. The third-order valence-corrected chi connectivity index (χ3v) is 3.76. The second kappa shape index (κ2) is 4.20. The van der Waals surface area contributed by atoms with Crippen molar-refractivity contribution in [3.05, 3.63) is 6.42 Å². The summed E-state index contributed by atoms with van der Waals surface area (Å²) in [6.07, 6.45) is 3.74. The zero-order valence-electron chi connectivity index (χ0n) is 6.94. The topological polar surface area (TPSA) is 57.6 Å². The second-order valence-corrected chi connectivity index (χ2v) is 4.89. The molecule has 5 heteroatoms. The fraction of sp³-hybridized carbons (Fsp3) is 0.857. The number of aliphatic hydroxyl groups excluding tert-OH is 1. The van der Waals surface area contributed by atoms with Gasteiger partial charge in [0.1, 0.15) is 0 Å². The van der Waals surface area contributed by atoms with Crippen LogP contribution in [0.1, 0.15) is 12.8 Å². The van der Waals surface area contributed by atoms with E-state index in [0.717, 1.165) is 12.8 Å². The molecule has 1 heterocycles. The van der Waals surface area contributed by atoms with Gasteiger partial charge in [-0.1, -0.05) is 0 Å². The average Bonchev–Trinajstić information content (AvgIpc) is 2.06. The van der Waals surface area contributed by atoms with E-state index in [1.54, 1.807) is 0 Å². The van der Waals surface area contributed by atoms with Gasteiger partial charge in [-0.2, -0.15) is 0 Å². The van der Waals surface area contributed by atoms with E-state index in [4.69, 9.17) is 5.11 Å². The molecule has 0 aromatic carbocycles. The fourth-order valence-corrected chi connectivity index (χ4v) is 2.51. The molecule has 1 N–H and O–H groups in total. The van der Waals surface area contributed by atoms with Gasteiger partial charge in [-0.15, -0.1) is 0 Å². The van der Waals surface area contributed by atoms with Crippen molar-refractivity contribution in [3.8, 4) is 0 Å². The molecule has 0 aromatic rings. The maximum atomic E-state index is 11.3. The van der Waals surface area contributed by atoms with E-state index in [9.17, 15) is 8.42 Å². The molecule has 1 radical (unpaired) electrons. The molecular weight excluding hydrogens is 178 g/mol. The van der Waals surface area contributed by atoms with Crippen LogP contribution in [0.15, 0.2) is 0 Å². The molecule has 0 aromatic heterocycles. The highest BCUT2D eigenvalue weighted by Gasteiger charge is 2.22. The van der Waals surface area contributed by atoms with Crippen LogP contribution in [0.2, 0.25) is 0 Å². The highest BCUT2D eigenvalue weighted by atomic mass is 32.2. The predicted octanol–water partition coefficient (Wildman–Crippen LogP) is -0.391. The van der Waals surface area contributed by atoms with Crippen molar-refractivity contribution in [3.63, 3.8) is 0 Å². The molecule has 1 aliphatic rings. The van der Waals surface area contributed by atoms with E-state index in [1.807, 2.05) is 0 Å². The molecule has 1 rings (SSSR count). The van der Waals surface area contributed by atoms with E-state index in [1.165, 1.54) is 4.31 Å². The van der Waals surface area contributed by atoms with Crippen LogP contribution in [0.5, 0.6) is 0 Å². The summed E-state index contributed by atoms with van der Waals surface area (Å²) >= 11 is 0. The lowest BCUT2D eigenvalue weighted by atomic mass is 10.2. The largest absolute Gasteiger partial charge is 0.395 e. The van der Waals surface area contributed by atoms with E-state index in [0.29, 0.717) is 13.1 Å². The van der Waals surface area contributed by atoms with Gasteiger partial charge in [-0.3, -0.25) is 0 Å². The molecule has 0 amide bonds. The molecule has 1 fully saturated rings. The van der Waals surface area contributed by atoms with Crippen molar-refractivity contribution in [2.24, 2.45) is 0 Å². The molecule has 0 aliphatic carbocycles. The van der Waals surface area contributed by atoms with Gasteiger partial charge in [0.05, 0.1) is 12.4 Å². The standard InChI is InChI=1S/C7H14NO3S/c9-6-7-12(10,11)8-4-2-1-3-5-8/h1,9H,2-7H2. The molecule has 4 nitrogen and oxygen atoms in total. The van der Waals surface area contributed by atoms with E-state index < -0.39 is 10.0 Å². The van der Waals surface area contributed by atoms with Crippen LogP contribution < -0.4 is 0 Å². The Labute approximate surface area is 73.2 Å². The second-order valence-electron chi connectivity index (χ2n) is 2.80. The van der Waals surface area contributed by atoms with Crippen LogP contribution in [0.3, 0.4) is 0 Å². The van der Waals surface area contributed by atoms with Gasteiger partial charge >= 0.3 is 0 Å². The van der Waals surface area contributed by atoms with Gasteiger partial charge < -0.3 is 5.11 Å². The summed E-state index contributed by atoms with van der Waals surface area (Å²) in [4.78, 5) is 0. The molecule has 1 saturated heterocycles. The Morgan fingerprint density at radius 3 is 2.42 bits per heavy atom. The zero-order chi connectivity index (χ0) is 9.03. The predicted molar refractivity (Wildman–Crippen MR) is 46.0 cm³/mol. The molecular formula is C7H14NO3S. The molecule has 0 unspecified atom stereocenters. The quantitative estimate of drug-likeness (QED) is 0.662. The van der Waals surface area contributed by atoms with Gasteiger partial charge in [-0.05, 0) is 19.3 Å². The van der Waals surface area contributed by atoms with Crippen LogP contribution >= 0.6 is 0 Å². The average molecular weight is 192 g/mol. The van der Waals surface area contributed by atoms with Crippen LogP contribution in [-0.4, -0.2) is 43.3 Å². The molecule has 0 bridgehead atoms. The van der Waals surface area contributed by atoms with E-state index >= 15 is 0 Å². The molecule has 1 aliphatic heterocycles. The maximum Gasteiger partial charge on any atom is 0.216 e.